The molecule has 22 heavy (non-hydrogen) atoms. The summed E-state index contributed by atoms with van der Waals surface area (Å²) in [7, 11) is 4.22. The number of phenolic OH excluding ortho intramolecular Hbond substituents is 1. The minimum Gasteiger partial charge on any atom is -0.507 e. The summed E-state index contributed by atoms with van der Waals surface area (Å²) in [6, 6.07) is 8.50. The number of benzene rings is 1. The van der Waals surface area contributed by atoms with Crippen molar-refractivity contribution in [1.29, 1.82) is 0 Å². The van der Waals surface area contributed by atoms with E-state index in [1.165, 1.54) is 10.4 Å². The molecule has 0 radical (unpaired) electrons. The Balaban J connectivity index is 2.11. The zero-order chi connectivity index (χ0) is 16.1. The standard InChI is InChI=1S/C18H26N2OS/c1-14-10-16(11-15(2)18(14)21)12-20(8-7-19(3)4)13-17-6-5-9-22-17/h5-6,9-11,21H,7-8,12-13H2,1-4H3. The average Bonchev–Trinajstić information content (AvgIpc) is 2.95. The van der Waals surface area contributed by atoms with Gasteiger partial charge in [0.15, 0.2) is 0 Å². The number of phenols is 1. The van der Waals surface area contributed by atoms with Gasteiger partial charge in [0.25, 0.3) is 0 Å². The molecule has 0 unspecified atom stereocenters. The maximum Gasteiger partial charge on any atom is 0.121 e. The molecule has 0 spiro atoms. The number of rotatable bonds is 7. The summed E-state index contributed by atoms with van der Waals surface area (Å²) in [6.07, 6.45) is 0. The predicted molar refractivity (Wildman–Crippen MR) is 94.6 cm³/mol. The molecule has 0 saturated heterocycles. The average molecular weight is 318 g/mol. The minimum absolute atomic E-state index is 0.418. The van der Waals surface area contributed by atoms with Crippen molar-refractivity contribution >= 4 is 11.3 Å². The molecule has 2 aromatic rings. The van der Waals surface area contributed by atoms with E-state index >= 15 is 0 Å². The molecule has 0 fully saturated rings. The smallest absolute Gasteiger partial charge is 0.121 e. The van der Waals surface area contributed by atoms with Crippen LogP contribution in [0, 0.1) is 13.8 Å². The first kappa shape index (κ1) is 17.0. The normalized spacial score (nSPS) is 11.5. The lowest BCUT2D eigenvalue weighted by molar-refractivity contribution is 0.228. The van der Waals surface area contributed by atoms with E-state index in [-0.39, 0.29) is 0 Å². The Morgan fingerprint density at radius 2 is 1.73 bits per heavy atom. The largest absolute Gasteiger partial charge is 0.507 e. The number of hydrogen-bond donors (Lipinski definition) is 1. The van der Waals surface area contributed by atoms with Gasteiger partial charge in [-0.2, -0.15) is 0 Å². The van der Waals surface area contributed by atoms with Crippen molar-refractivity contribution in [2.24, 2.45) is 0 Å². The Labute approximate surface area is 137 Å². The lowest BCUT2D eigenvalue weighted by atomic mass is 10.1. The van der Waals surface area contributed by atoms with Crippen molar-refractivity contribution in [3.05, 3.63) is 51.2 Å². The van der Waals surface area contributed by atoms with Crippen molar-refractivity contribution in [3.63, 3.8) is 0 Å². The monoisotopic (exact) mass is 318 g/mol. The summed E-state index contributed by atoms with van der Waals surface area (Å²) in [5.41, 5.74) is 3.18. The summed E-state index contributed by atoms with van der Waals surface area (Å²) in [4.78, 5) is 6.08. The highest BCUT2D eigenvalue weighted by Gasteiger charge is 2.11. The van der Waals surface area contributed by atoms with Crippen LogP contribution in [-0.4, -0.2) is 42.1 Å². The van der Waals surface area contributed by atoms with E-state index < -0.39 is 0 Å². The highest BCUT2D eigenvalue weighted by atomic mass is 32.1. The molecule has 1 heterocycles. The summed E-state index contributed by atoms with van der Waals surface area (Å²) in [6.45, 7) is 7.90. The summed E-state index contributed by atoms with van der Waals surface area (Å²) in [5.74, 6) is 0.418. The van der Waals surface area contributed by atoms with E-state index in [0.717, 1.165) is 37.3 Å². The molecular weight excluding hydrogens is 292 g/mol. The van der Waals surface area contributed by atoms with Gasteiger partial charge in [0.05, 0.1) is 0 Å². The van der Waals surface area contributed by atoms with Crippen molar-refractivity contribution < 1.29 is 5.11 Å². The van der Waals surface area contributed by atoms with Gasteiger partial charge in [0.2, 0.25) is 0 Å². The zero-order valence-electron chi connectivity index (χ0n) is 14.0. The Hall–Kier alpha value is -1.36. The first-order chi connectivity index (χ1) is 10.5. The third-order valence-corrected chi connectivity index (χ3v) is 4.64. The number of aromatic hydroxyl groups is 1. The summed E-state index contributed by atoms with van der Waals surface area (Å²) < 4.78 is 0. The maximum atomic E-state index is 9.93. The number of aryl methyl sites for hydroxylation is 2. The Bertz CT molecular complexity index is 570. The molecule has 0 bridgehead atoms. The highest BCUT2D eigenvalue weighted by molar-refractivity contribution is 7.09. The molecule has 0 amide bonds. The lowest BCUT2D eigenvalue weighted by Gasteiger charge is -2.24. The quantitative estimate of drug-likeness (QED) is 0.844. The van der Waals surface area contributed by atoms with Gasteiger partial charge < -0.3 is 10.0 Å². The van der Waals surface area contributed by atoms with Crippen LogP contribution in [0.3, 0.4) is 0 Å². The Morgan fingerprint density at radius 3 is 2.27 bits per heavy atom. The molecule has 1 aromatic heterocycles. The van der Waals surface area contributed by atoms with Gasteiger partial charge in [-0.25, -0.2) is 0 Å². The second-order valence-corrected chi connectivity index (χ2v) is 7.20. The van der Waals surface area contributed by atoms with E-state index in [9.17, 15) is 5.11 Å². The predicted octanol–water partition coefficient (Wildman–Crippen LogP) is 3.63. The van der Waals surface area contributed by atoms with Crippen LogP contribution in [0.1, 0.15) is 21.6 Å². The maximum absolute atomic E-state index is 9.93. The Kier molecular flexibility index (Phi) is 6.00. The summed E-state index contributed by atoms with van der Waals surface area (Å²) >= 11 is 1.81. The van der Waals surface area contributed by atoms with Crippen molar-refractivity contribution in [3.8, 4) is 5.75 Å². The second kappa shape index (κ2) is 7.77. The second-order valence-electron chi connectivity index (χ2n) is 6.17. The molecule has 120 valence electrons. The molecule has 0 saturated carbocycles. The molecule has 0 aliphatic heterocycles. The molecule has 0 aliphatic rings. The summed E-state index contributed by atoms with van der Waals surface area (Å²) in [5, 5.41) is 12.1. The molecule has 0 atom stereocenters. The van der Waals surface area contributed by atoms with Crippen LogP contribution >= 0.6 is 11.3 Å². The van der Waals surface area contributed by atoms with Crippen molar-refractivity contribution in [2.75, 3.05) is 27.2 Å². The highest BCUT2D eigenvalue weighted by Crippen LogP contribution is 2.24. The molecule has 2 rings (SSSR count). The van der Waals surface area contributed by atoms with E-state index in [0.29, 0.717) is 5.75 Å². The van der Waals surface area contributed by atoms with Crippen LogP contribution in [0.15, 0.2) is 29.6 Å². The lowest BCUT2D eigenvalue weighted by Crippen LogP contribution is -2.30. The SMILES string of the molecule is Cc1cc(CN(CCN(C)C)Cc2cccs2)cc(C)c1O. The fourth-order valence-corrected chi connectivity index (χ4v) is 3.32. The third kappa shape index (κ3) is 4.83. The van der Waals surface area contributed by atoms with Gasteiger partial charge >= 0.3 is 0 Å². The van der Waals surface area contributed by atoms with Crippen LogP contribution in [0.4, 0.5) is 0 Å². The number of nitrogens with zero attached hydrogens (tertiary/aromatic N) is 2. The molecule has 1 N–H and O–H groups in total. The van der Waals surface area contributed by atoms with E-state index in [1.54, 1.807) is 0 Å². The zero-order valence-corrected chi connectivity index (χ0v) is 14.8. The van der Waals surface area contributed by atoms with Gasteiger partial charge in [-0.05, 0) is 56.1 Å². The fraction of sp³-hybridized carbons (Fsp3) is 0.444. The van der Waals surface area contributed by atoms with E-state index in [1.807, 2.05) is 25.2 Å². The number of hydrogen-bond acceptors (Lipinski definition) is 4. The van der Waals surface area contributed by atoms with Gasteiger partial charge in [0.1, 0.15) is 5.75 Å². The van der Waals surface area contributed by atoms with Gasteiger partial charge in [-0.15, -0.1) is 11.3 Å². The van der Waals surface area contributed by atoms with Crippen LogP contribution < -0.4 is 0 Å². The topological polar surface area (TPSA) is 26.7 Å². The number of likely N-dealkylation sites (N-methyl/N-ethyl adjacent to an activating group) is 1. The fourth-order valence-electron chi connectivity index (χ4n) is 2.57. The molecule has 1 aromatic carbocycles. The van der Waals surface area contributed by atoms with Crippen LogP contribution in [0.25, 0.3) is 0 Å². The molecule has 3 nitrogen and oxygen atoms in total. The van der Waals surface area contributed by atoms with E-state index in [2.05, 4.69) is 53.5 Å². The van der Waals surface area contributed by atoms with Crippen molar-refractivity contribution in [2.45, 2.75) is 26.9 Å². The van der Waals surface area contributed by atoms with Gasteiger partial charge in [0, 0.05) is 31.1 Å². The third-order valence-electron chi connectivity index (χ3n) is 3.78. The minimum atomic E-state index is 0.418. The van der Waals surface area contributed by atoms with Crippen molar-refractivity contribution in [1.82, 2.24) is 9.80 Å². The number of thiophene rings is 1. The van der Waals surface area contributed by atoms with Crippen LogP contribution in [0.5, 0.6) is 5.75 Å². The van der Waals surface area contributed by atoms with Crippen LogP contribution in [0.2, 0.25) is 0 Å². The van der Waals surface area contributed by atoms with Crippen LogP contribution in [-0.2, 0) is 13.1 Å². The first-order valence-corrected chi connectivity index (χ1v) is 8.52. The first-order valence-electron chi connectivity index (χ1n) is 7.64. The molecule has 0 aliphatic carbocycles. The molecular formula is C18H26N2OS. The van der Waals surface area contributed by atoms with E-state index in [4.69, 9.17) is 0 Å². The van der Waals surface area contributed by atoms with Gasteiger partial charge in [-0.1, -0.05) is 18.2 Å². The van der Waals surface area contributed by atoms with Gasteiger partial charge in [-0.3, -0.25) is 4.90 Å². The molecule has 4 heteroatoms. The Morgan fingerprint density at radius 1 is 1.05 bits per heavy atom.